The van der Waals surface area contributed by atoms with Gasteiger partial charge in [0, 0.05) is 12.8 Å². The van der Waals surface area contributed by atoms with Gasteiger partial charge in [-0.2, -0.15) is 0 Å². The van der Waals surface area contributed by atoms with Gasteiger partial charge in [-0.15, -0.1) is 0 Å². The van der Waals surface area contributed by atoms with Gasteiger partial charge in [-0.3, -0.25) is 9.59 Å². The molecule has 1 N–H and O–H groups in total. The second-order valence-electron chi connectivity index (χ2n) is 27.9. The molecule has 0 radical (unpaired) electrons. The lowest BCUT2D eigenvalue weighted by Gasteiger charge is -2.15. The van der Waals surface area contributed by atoms with Gasteiger partial charge in [-0.1, -0.05) is 437 Å². The summed E-state index contributed by atoms with van der Waals surface area (Å²) < 4.78 is 10.8. The number of aliphatic hydroxyl groups excluding tert-OH is 1. The topological polar surface area (TPSA) is 72.8 Å². The number of allylic oxidation sites excluding steroid dienone is 2. The van der Waals surface area contributed by atoms with Crippen LogP contribution in [-0.2, 0) is 19.1 Å². The predicted octanol–water partition coefficient (Wildman–Crippen LogP) is 28.1. The molecule has 0 aromatic rings. The fourth-order valence-electron chi connectivity index (χ4n) is 13.0. The molecule has 5 nitrogen and oxygen atoms in total. The van der Waals surface area contributed by atoms with E-state index in [9.17, 15) is 14.7 Å². The zero-order valence-electron chi connectivity index (χ0n) is 59.1. The normalized spacial score (nSPS) is 12.1. The van der Waals surface area contributed by atoms with Crippen molar-refractivity contribution in [3.63, 3.8) is 0 Å². The maximum atomic E-state index is 12.4. The Balaban J connectivity index is 3.34. The van der Waals surface area contributed by atoms with E-state index >= 15 is 0 Å². The van der Waals surface area contributed by atoms with Gasteiger partial charge in [0.2, 0.25) is 0 Å². The highest BCUT2D eigenvalue weighted by Gasteiger charge is 2.16. The Morgan fingerprint density at radius 1 is 0.256 bits per heavy atom. The van der Waals surface area contributed by atoms with Crippen LogP contribution in [-0.4, -0.2) is 36.4 Å². The minimum absolute atomic E-state index is 0.0560. The lowest BCUT2D eigenvalue weighted by molar-refractivity contribution is -0.161. The summed E-state index contributed by atoms with van der Waals surface area (Å²) in [5.41, 5.74) is 0. The fourth-order valence-corrected chi connectivity index (χ4v) is 13.0. The highest BCUT2D eigenvalue weighted by Crippen LogP contribution is 2.21. The monoisotopic (exact) mass is 1210 g/mol. The van der Waals surface area contributed by atoms with E-state index in [1.807, 2.05) is 0 Å². The van der Waals surface area contributed by atoms with E-state index in [-0.39, 0.29) is 25.2 Å². The molecule has 1 unspecified atom stereocenters. The molecule has 0 saturated heterocycles. The Kier molecular flexibility index (Phi) is 76.7. The van der Waals surface area contributed by atoms with E-state index in [0.717, 1.165) is 32.1 Å². The average molecular weight is 1210 g/mol. The molecule has 0 saturated carbocycles. The summed E-state index contributed by atoms with van der Waals surface area (Å²) in [6.45, 7) is 4.23. The molecular weight excluding hydrogens is 1050 g/mol. The predicted molar refractivity (Wildman–Crippen MR) is 381 cm³/mol. The van der Waals surface area contributed by atoms with Gasteiger partial charge >= 0.3 is 11.9 Å². The number of aliphatic hydroxyl groups is 1. The SMILES string of the molecule is CCCCCCCCCC/C=C\CCCCCCCCCCCCCCCCCCCCCCCCCCCC(=O)OC(CO)COC(=O)CCCCCCCCCCCCCCCCCCCCCCCCCCCCCCCCCCCCC. The first-order chi connectivity index (χ1) is 42.6. The molecule has 0 spiro atoms. The maximum Gasteiger partial charge on any atom is 0.306 e. The van der Waals surface area contributed by atoms with Crippen LogP contribution in [0.3, 0.4) is 0 Å². The van der Waals surface area contributed by atoms with Crippen LogP contribution in [0.25, 0.3) is 0 Å². The first-order valence-corrected chi connectivity index (χ1v) is 40.2. The Morgan fingerprint density at radius 2 is 0.430 bits per heavy atom. The number of carbonyl (C=O) groups is 2. The number of hydrogen-bond donors (Lipinski definition) is 1. The van der Waals surface area contributed by atoms with Crippen LogP contribution in [0.1, 0.15) is 476 Å². The third-order valence-corrected chi connectivity index (χ3v) is 19.1. The molecule has 512 valence electrons. The third-order valence-electron chi connectivity index (χ3n) is 19.1. The summed E-state index contributed by atoms with van der Waals surface area (Å²) >= 11 is 0. The Morgan fingerprint density at radius 3 is 0.628 bits per heavy atom. The number of carbonyl (C=O) groups excluding carboxylic acids is 2. The van der Waals surface area contributed by atoms with Gasteiger partial charge in [0.15, 0.2) is 6.10 Å². The summed E-state index contributed by atoms with van der Waals surface area (Å²) in [4.78, 5) is 24.7. The lowest BCUT2D eigenvalue weighted by atomic mass is 10.0. The second kappa shape index (κ2) is 77.9. The van der Waals surface area contributed by atoms with Crippen LogP contribution in [0, 0.1) is 0 Å². The standard InChI is InChI=1S/C81H158O5/c1-3-5-7-9-11-13-15-17-19-21-23-25-27-29-31-33-35-37-39-40-42-44-46-48-50-52-54-56-58-60-62-64-66-68-70-72-74-76-81(84)86-79(77-82)78-85-80(83)75-73-71-69-67-65-63-61-59-57-55-53-51-49-47-45-43-41-38-36-34-32-30-28-26-24-22-20-18-16-14-12-10-8-6-4-2/h21,23,79,82H,3-20,22,24-78H2,1-2H3/b23-21-. The third kappa shape index (κ3) is 75.1. The molecule has 0 rings (SSSR count). The fraction of sp³-hybridized carbons (Fsp3) is 0.951. The molecule has 0 heterocycles. The summed E-state index contributed by atoms with van der Waals surface area (Å²) in [6.07, 6.45) is 102. The van der Waals surface area contributed by atoms with Gasteiger partial charge < -0.3 is 14.6 Å². The number of rotatable bonds is 77. The van der Waals surface area contributed by atoms with Crippen LogP contribution in [0.4, 0.5) is 0 Å². The molecule has 0 aliphatic rings. The van der Waals surface area contributed by atoms with Gasteiger partial charge in [0.05, 0.1) is 6.61 Å². The minimum atomic E-state index is -0.767. The summed E-state index contributed by atoms with van der Waals surface area (Å²) in [7, 11) is 0. The lowest BCUT2D eigenvalue weighted by Crippen LogP contribution is -2.28. The number of esters is 2. The van der Waals surface area contributed by atoms with Crippen molar-refractivity contribution in [1.29, 1.82) is 0 Å². The van der Waals surface area contributed by atoms with Crippen molar-refractivity contribution in [3.8, 4) is 0 Å². The molecule has 0 aliphatic carbocycles. The van der Waals surface area contributed by atoms with Gasteiger partial charge in [0.1, 0.15) is 6.61 Å². The van der Waals surface area contributed by atoms with Crippen LogP contribution in [0.5, 0.6) is 0 Å². The minimum Gasteiger partial charge on any atom is -0.462 e. The Hall–Kier alpha value is -1.36. The highest BCUT2D eigenvalue weighted by molar-refractivity contribution is 5.70. The summed E-state index contributed by atoms with van der Waals surface area (Å²) in [5.74, 6) is -0.557. The first-order valence-electron chi connectivity index (χ1n) is 40.2. The van der Waals surface area contributed by atoms with Crippen molar-refractivity contribution in [3.05, 3.63) is 12.2 Å². The van der Waals surface area contributed by atoms with Crippen molar-refractivity contribution < 1.29 is 24.2 Å². The van der Waals surface area contributed by atoms with Crippen molar-refractivity contribution in [2.75, 3.05) is 13.2 Å². The van der Waals surface area contributed by atoms with Gasteiger partial charge in [-0.25, -0.2) is 0 Å². The molecule has 86 heavy (non-hydrogen) atoms. The Labute approximate surface area is 541 Å². The van der Waals surface area contributed by atoms with Crippen molar-refractivity contribution in [2.24, 2.45) is 0 Å². The molecular formula is C81H158O5. The van der Waals surface area contributed by atoms with Crippen LogP contribution in [0.15, 0.2) is 12.2 Å². The average Bonchev–Trinajstić information content (AvgIpc) is 3.53. The summed E-state index contributed by atoms with van der Waals surface area (Å²) in [6, 6.07) is 0. The van der Waals surface area contributed by atoms with E-state index in [0.29, 0.717) is 12.8 Å². The second-order valence-corrected chi connectivity index (χ2v) is 27.9. The first kappa shape index (κ1) is 84.6. The van der Waals surface area contributed by atoms with Crippen LogP contribution >= 0.6 is 0 Å². The van der Waals surface area contributed by atoms with Crippen molar-refractivity contribution in [1.82, 2.24) is 0 Å². The number of ether oxygens (including phenoxy) is 2. The molecule has 0 fully saturated rings. The largest absolute Gasteiger partial charge is 0.462 e. The smallest absolute Gasteiger partial charge is 0.306 e. The van der Waals surface area contributed by atoms with E-state index in [2.05, 4.69) is 26.0 Å². The quantitative estimate of drug-likeness (QED) is 0.0373. The maximum absolute atomic E-state index is 12.4. The molecule has 0 bridgehead atoms. The van der Waals surface area contributed by atoms with Gasteiger partial charge in [-0.05, 0) is 38.5 Å². The zero-order chi connectivity index (χ0) is 61.9. The zero-order valence-corrected chi connectivity index (χ0v) is 59.1. The van der Waals surface area contributed by atoms with Gasteiger partial charge in [0.25, 0.3) is 0 Å². The van der Waals surface area contributed by atoms with E-state index in [4.69, 9.17) is 9.47 Å². The van der Waals surface area contributed by atoms with Crippen LogP contribution in [0.2, 0.25) is 0 Å². The number of unbranched alkanes of at least 4 members (excludes halogenated alkanes) is 67. The van der Waals surface area contributed by atoms with E-state index in [1.54, 1.807) is 0 Å². The van der Waals surface area contributed by atoms with Crippen molar-refractivity contribution >= 4 is 11.9 Å². The molecule has 1 atom stereocenters. The Bertz CT molecular complexity index is 1280. The van der Waals surface area contributed by atoms with E-state index in [1.165, 1.54) is 417 Å². The molecule has 5 heteroatoms. The molecule has 0 amide bonds. The van der Waals surface area contributed by atoms with Crippen LogP contribution < -0.4 is 0 Å². The van der Waals surface area contributed by atoms with Crippen molar-refractivity contribution in [2.45, 2.75) is 482 Å². The molecule has 0 aromatic carbocycles. The summed E-state index contributed by atoms with van der Waals surface area (Å²) in [5, 5.41) is 9.73. The van der Waals surface area contributed by atoms with E-state index < -0.39 is 6.10 Å². The number of hydrogen-bond acceptors (Lipinski definition) is 5. The molecule has 0 aliphatic heterocycles. The highest BCUT2D eigenvalue weighted by atomic mass is 16.6. The molecule has 0 aromatic heterocycles.